The molecule has 0 aliphatic carbocycles. The smallest absolute Gasteiger partial charge is 0.254 e. The second-order valence-corrected chi connectivity index (χ2v) is 11.3. The molecule has 8 heteroatoms. The summed E-state index contributed by atoms with van der Waals surface area (Å²) in [5.41, 5.74) is 17.3. The highest BCUT2D eigenvalue weighted by atomic mass is 16.2. The van der Waals surface area contributed by atoms with Crippen molar-refractivity contribution >= 4 is 17.7 Å². The number of hydrogen-bond donors (Lipinski definition) is 3. The second-order valence-electron chi connectivity index (χ2n) is 11.3. The van der Waals surface area contributed by atoms with Gasteiger partial charge in [-0.25, -0.2) is 0 Å². The third-order valence-corrected chi connectivity index (χ3v) is 7.65. The lowest BCUT2D eigenvalue weighted by Gasteiger charge is -2.29. The van der Waals surface area contributed by atoms with Crippen molar-refractivity contribution in [3.63, 3.8) is 0 Å². The molecular weight excluding hydrogens is 574 g/mol. The van der Waals surface area contributed by atoms with Crippen LogP contribution in [0.3, 0.4) is 0 Å². The van der Waals surface area contributed by atoms with E-state index in [0.29, 0.717) is 31.6 Å². The number of rotatable bonds is 13. The summed E-state index contributed by atoms with van der Waals surface area (Å²) in [4.78, 5) is 41.5. The van der Waals surface area contributed by atoms with E-state index in [4.69, 9.17) is 11.5 Å². The van der Waals surface area contributed by atoms with Crippen LogP contribution in [0.4, 0.5) is 0 Å². The average molecular weight is 622 g/mol. The molecule has 4 aromatic rings. The summed E-state index contributed by atoms with van der Waals surface area (Å²) in [6, 6.07) is 34.9. The Morgan fingerprint density at radius 3 is 1.98 bits per heavy atom. The quantitative estimate of drug-likeness (QED) is 0.185. The molecule has 3 amide bonds. The zero-order chi connectivity index (χ0) is 33.3. The minimum Gasteiger partial charge on any atom is -0.354 e. The summed E-state index contributed by atoms with van der Waals surface area (Å²) in [6.45, 7) is 3.35. The first-order valence-corrected chi connectivity index (χ1v) is 15.7. The number of hydrogen-bond acceptors (Lipinski definition) is 5. The van der Waals surface area contributed by atoms with Gasteiger partial charge in [0.2, 0.25) is 11.8 Å². The molecule has 4 rings (SSSR count). The van der Waals surface area contributed by atoms with Crippen molar-refractivity contribution < 1.29 is 14.4 Å². The molecule has 0 heterocycles. The second kappa shape index (κ2) is 18.9. The number of nitrogens with two attached hydrogens (primary N) is 2. The van der Waals surface area contributed by atoms with Gasteiger partial charge in [-0.15, -0.1) is 0 Å². The SMILES string of the molecule is CN(CC(=O)N(C)C(Cc1ccccc1)C(=O)NCCCCN)C(=O)c1cccc(CN)c1.Cc1ccc(-c2ccccc2)cc1. The Hall–Kier alpha value is -4.79. The van der Waals surface area contributed by atoms with E-state index in [9.17, 15) is 14.4 Å². The lowest BCUT2D eigenvalue weighted by atomic mass is 10.0. The molecule has 0 aromatic heterocycles. The van der Waals surface area contributed by atoms with E-state index in [0.717, 1.165) is 24.0 Å². The third-order valence-electron chi connectivity index (χ3n) is 7.65. The molecule has 0 spiro atoms. The highest BCUT2D eigenvalue weighted by Gasteiger charge is 2.28. The van der Waals surface area contributed by atoms with Gasteiger partial charge in [-0.1, -0.05) is 103 Å². The summed E-state index contributed by atoms with van der Waals surface area (Å²) in [6.07, 6.45) is 1.97. The predicted octanol–water partition coefficient (Wildman–Crippen LogP) is 4.80. The maximum Gasteiger partial charge on any atom is 0.254 e. The number of carbonyl (C=O) groups is 3. The molecule has 0 aliphatic rings. The molecule has 5 N–H and O–H groups in total. The average Bonchev–Trinajstić information content (AvgIpc) is 3.09. The first-order valence-electron chi connectivity index (χ1n) is 15.7. The molecule has 0 radical (unpaired) electrons. The third kappa shape index (κ3) is 11.3. The standard InChI is InChI=1S/C25H35N5O3.C13H12/c1-29(25(33)21-12-8-11-20(15-21)17-27)18-23(31)30(2)22(16-19-9-4-3-5-10-19)24(32)28-14-7-6-13-26;1-11-7-9-13(10-8-11)12-5-3-2-4-6-12/h3-5,8-12,15,22H,6-7,13-14,16-18,26-27H2,1-2H3,(H,28,32);2-10H,1H3. The van der Waals surface area contributed by atoms with Crippen molar-refractivity contribution in [3.8, 4) is 11.1 Å². The molecule has 8 nitrogen and oxygen atoms in total. The van der Waals surface area contributed by atoms with Crippen molar-refractivity contribution in [2.45, 2.75) is 38.8 Å². The highest BCUT2D eigenvalue weighted by molar-refractivity contribution is 5.97. The van der Waals surface area contributed by atoms with Crippen LogP contribution in [0.15, 0.2) is 109 Å². The van der Waals surface area contributed by atoms with E-state index in [1.54, 1.807) is 32.3 Å². The monoisotopic (exact) mass is 621 g/mol. The fourth-order valence-electron chi connectivity index (χ4n) is 4.83. The molecule has 0 fully saturated rings. The van der Waals surface area contributed by atoms with Crippen molar-refractivity contribution in [3.05, 3.63) is 131 Å². The van der Waals surface area contributed by atoms with Gasteiger partial charge in [-0.3, -0.25) is 14.4 Å². The molecule has 0 saturated carbocycles. The Balaban J connectivity index is 0.000000365. The van der Waals surface area contributed by atoms with Gasteiger partial charge in [0, 0.05) is 39.2 Å². The van der Waals surface area contributed by atoms with Crippen molar-refractivity contribution in [2.24, 2.45) is 11.5 Å². The lowest BCUT2D eigenvalue weighted by Crippen LogP contribution is -2.51. The minimum absolute atomic E-state index is 0.145. The number of amides is 3. The largest absolute Gasteiger partial charge is 0.354 e. The minimum atomic E-state index is -0.693. The molecule has 46 heavy (non-hydrogen) atoms. The molecular formula is C38H47N5O3. The number of nitrogens with one attached hydrogen (secondary N) is 1. The Bertz CT molecular complexity index is 1510. The van der Waals surface area contributed by atoms with Gasteiger partial charge < -0.3 is 26.6 Å². The predicted molar refractivity (Wildman–Crippen MR) is 186 cm³/mol. The summed E-state index contributed by atoms with van der Waals surface area (Å²) >= 11 is 0. The Morgan fingerprint density at radius 2 is 1.35 bits per heavy atom. The number of likely N-dealkylation sites (N-methyl/N-ethyl adjacent to an activating group) is 2. The van der Waals surface area contributed by atoms with E-state index in [1.807, 2.05) is 42.5 Å². The molecule has 0 saturated heterocycles. The highest BCUT2D eigenvalue weighted by Crippen LogP contribution is 2.18. The number of carbonyl (C=O) groups excluding carboxylic acids is 3. The van der Waals surface area contributed by atoms with Gasteiger partial charge in [0.05, 0.1) is 6.54 Å². The molecule has 1 atom stereocenters. The fourth-order valence-corrected chi connectivity index (χ4v) is 4.83. The fraction of sp³-hybridized carbons (Fsp3) is 0.289. The van der Waals surface area contributed by atoms with Crippen LogP contribution in [0.1, 0.15) is 39.9 Å². The number of unbranched alkanes of at least 4 members (excludes halogenated alkanes) is 1. The van der Waals surface area contributed by atoms with Gasteiger partial charge in [0.1, 0.15) is 6.04 Å². The summed E-state index contributed by atoms with van der Waals surface area (Å²) in [5, 5.41) is 2.91. The van der Waals surface area contributed by atoms with Gasteiger partial charge in [-0.05, 0) is 60.7 Å². The van der Waals surface area contributed by atoms with Gasteiger partial charge in [-0.2, -0.15) is 0 Å². The van der Waals surface area contributed by atoms with Crippen LogP contribution < -0.4 is 16.8 Å². The first kappa shape index (κ1) is 35.7. The van der Waals surface area contributed by atoms with E-state index in [2.05, 4.69) is 60.8 Å². The van der Waals surface area contributed by atoms with Crippen molar-refractivity contribution in [1.29, 1.82) is 0 Å². The number of benzene rings is 4. The van der Waals surface area contributed by atoms with Gasteiger partial charge in [0.25, 0.3) is 5.91 Å². The molecule has 242 valence electrons. The Kier molecular flexibility index (Phi) is 14.7. The zero-order valence-corrected chi connectivity index (χ0v) is 27.2. The van der Waals surface area contributed by atoms with E-state index < -0.39 is 6.04 Å². The molecule has 1 unspecified atom stereocenters. The van der Waals surface area contributed by atoms with Crippen LogP contribution in [0.2, 0.25) is 0 Å². The summed E-state index contributed by atoms with van der Waals surface area (Å²) in [7, 11) is 3.17. The maximum absolute atomic E-state index is 13.0. The van der Waals surface area contributed by atoms with Gasteiger partial charge in [0.15, 0.2) is 0 Å². The van der Waals surface area contributed by atoms with E-state index in [1.165, 1.54) is 26.5 Å². The molecule has 0 bridgehead atoms. The number of nitrogens with zero attached hydrogens (tertiary/aromatic N) is 2. The van der Waals surface area contributed by atoms with E-state index in [-0.39, 0.29) is 24.3 Å². The van der Waals surface area contributed by atoms with Crippen LogP contribution >= 0.6 is 0 Å². The van der Waals surface area contributed by atoms with Gasteiger partial charge >= 0.3 is 0 Å². The topological polar surface area (TPSA) is 122 Å². The van der Waals surface area contributed by atoms with E-state index >= 15 is 0 Å². The normalized spacial score (nSPS) is 11.1. The van der Waals surface area contributed by atoms with Crippen LogP contribution in [0.5, 0.6) is 0 Å². The van der Waals surface area contributed by atoms with Crippen LogP contribution in [-0.2, 0) is 22.6 Å². The molecule has 4 aromatic carbocycles. The lowest BCUT2D eigenvalue weighted by molar-refractivity contribution is -0.139. The van der Waals surface area contributed by atoms with Crippen LogP contribution in [0.25, 0.3) is 11.1 Å². The summed E-state index contributed by atoms with van der Waals surface area (Å²) in [5.74, 6) is -0.826. The Labute approximate surface area is 273 Å². The van der Waals surface area contributed by atoms with Crippen LogP contribution in [-0.4, -0.2) is 67.3 Å². The molecule has 0 aliphatic heterocycles. The zero-order valence-electron chi connectivity index (χ0n) is 27.2. The summed E-state index contributed by atoms with van der Waals surface area (Å²) < 4.78 is 0. The first-order chi connectivity index (χ1) is 22.2. The van der Waals surface area contributed by atoms with Crippen LogP contribution in [0, 0.1) is 6.92 Å². The van der Waals surface area contributed by atoms with Crippen molar-refractivity contribution in [1.82, 2.24) is 15.1 Å². The van der Waals surface area contributed by atoms with Crippen molar-refractivity contribution in [2.75, 3.05) is 33.7 Å². The Morgan fingerprint density at radius 1 is 0.739 bits per heavy atom. The number of aryl methyl sites for hydroxylation is 1. The maximum atomic E-state index is 13.0.